The van der Waals surface area contributed by atoms with Crippen molar-refractivity contribution in [2.45, 2.75) is 31.4 Å². The molecule has 3 aromatic carbocycles. The fraction of sp³-hybridized carbons (Fsp3) is 0.182. The normalized spacial score (nSPS) is 11.2. The number of rotatable bonds is 13. The van der Waals surface area contributed by atoms with Crippen molar-refractivity contribution in [3.05, 3.63) is 150 Å². The van der Waals surface area contributed by atoms with Crippen molar-refractivity contribution in [3.63, 3.8) is 0 Å². The van der Waals surface area contributed by atoms with Crippen LogP contribution in [-0.4, -0.2) is 36.8 Å². The van der Waals surface area contributed by atoms with E-state index in [0.717, 1.165) is 25.0 Å². The fourth-order valence-corrected chi connectivity index (χ4v) is 4.99. The van der Waals surface area contributed by atoms with E-state index >= 15 is 0 Å². The van der Waals surface area contributed by atoms with Gasteiger partial charge in [-0.1, -0.05) is 73.7 Å². The molecule has 216 valence electrons. The molecule has 0 spiro atoms. The monoisotopic (exact) mass is 750 g/mol. The number of nitrogens with one attached hydrogen (secondary N) is 1. The Bertz CT molecular complexity index is 1380. The summed E-state index contributed by atoms with van der Waals surface area (Å²) in [4.78, 5) is 29.4. The van der Waals surface area contributed by atoms with Gasteiger partial charge in [0, 0.05) is 28.5 Å². The van der Waals surface area contributed by atoms with Crippen LogP contribution in [0.5, 0.6) is 0 Å². The molecule has 1 heterocycles. The van der Waals surface area contributed by atoms with Crippen LogP contribution < -0.4 is 5.32 Å². The van der Waals surface area contributed by atoms with Crippen molar-refractivity contribution >= 4 is 21.4 Å². The van der Waals surface area contributed by atoms with Crippen molar-refractivity contribution in [2.75, 3.05) is 6.54 Å². The van der Waals surface area contributed by atoms with E-state index in [2.05, 4.69) is 22.4 Å². The zero-order chi connectivity index (χ0) is 28.6. The van der Waals surface area contributed by atoms with E-state index in [9.17, 15) is 18.0 Å². The van der Waals surface area contributed by atoms with Crippen molar-refractivity contribution in [1.82, 2.24) is 10.3 Å². The third kappa shape index (κ3) is 11.6. The molecular formula is C33H33AuN2O4S. The Morgan fingerprint density at radius 1 is 0.878 bits per heavy atom. The Hall–Kier alpha value is -3.33. The third-order valence-corrected chi connectivity index (χ3v) is 7.42. The van der Waals surface area contributed by atoms with Gasteiger partial charge >= 0.3 is 22.4 Å². The number of carbonyl (C=O) groups is 2. The number of pyridine rings is 1. The molecule has 1 unspecified atom stereocenters. The van der Waals surface area contributed by atoms with Gasteiger partial charge in [-0.2, -0.15) is 35.9 Å². The number of ketones is 2. The molecule has 1 atom stereocenters. The Balaban J connectivity index is 0.000000350. The number of hydrogen-bond acceptors (Lipinski definition) is 6. The summed E-state index contributed by atoms with van der Waals surface area (Å²) in [6.45, 7) is 3.84. The van der Waals surface area contributed by atoms with Gasteiger partial charge in [-0.25, -0.2) is 15.0 Å². The first-order valence-corrected chi connectivity index (χ1v) is 14.7. The van der Waals surface area contributed by atoms with Gasteiger partial charge in [0.15, 0.2) is 5.78 Å². The zero-order valence-electron chi connectivity index (χ0n) is 22.7. The summed E-state index contributed by atoms with van der Waals surface area (Å²) in [6.07, 6.45) is 4.46. The summed E-state index contributed by atoms with van der Waals surface area (Å²) < 4.78 is 25.6. The molecule has 1 aromatic heterocycles. The number of benzene rings is 3. The Kier molecular flexibility index (Phi) is 15.0. The molecule has 0 fully saturated rings. The number of unbranched alkanes of at least 4 members (excludes halogenated alkanes) is 1. The van der Waals surface area contributed by atoms with Gasteiger partial charge in [0.05, 0.1) is 9.84 Å². The van der Waals surface area contributed by atoms with Gasteiger partial charge < -0.3 is 10.1 Å². The average Bonchev–Trinajstić information content (AvgIpc) is 2.99. The van der Waals surface area contributed by atoms with Crippen molar-refractivity contribution in [1.29, 1.82) is 0 Å². The number of aromatic nitrogens is 1. The van der Waals surface area contributed by atoms with E-state index in [4.69, 9.17) is 0 Å². The Morgan fingerprint density at radius 2 is 1.51 bits per heavy atom. The molecular weight excluding hydrogens is 717 g/mol. The van der Waals surface area contributed by atoms with E-state index in [1.54, 1.807) is 48.5 Å². The summed E-state index contributed by atoms with van der Waals surface area (Å²) in [7, 11) is -4.15. The quantitative estimate of drug-likeness (QED) is 0.0815. The molecule has 1 N–H and O–H groups in total. The van der Waals surface area contributed by atoms with Crippen LogP contribution in [0.25, 0.3) is 0 Å². The second-order valence-electron chi connectivity index (χ2n) is 8.95. The predicted molar refractivity (Wildman–Crippen MR) is 158 cm³/mol. The summed E-state index contributed by atoms with van der Waals surface area (Å²) in [5.41, 5.74) is 2.80. The summed E-state index contributed by atoms with van der Waals surface area (Å²) >= 11 is 0. The number of carbonyl (C=O) groups excluding carboxylic acids is 2. The largest absolute Gasteiger partial charge is 3.00 e. The van der Waals surface area contributed by atoms with E-state index in [1.807, 2.05) is 49.5 Å². The zero-order valence-corrected chi connectivity index (χ0v) is 25.7. The molecule has 0 aliphatic heterocycles. The third-order valence-electron chi connectivity index (χ3n) is 5.82. The van der Waals surface area contributed by atoms with Crippen LogP contribution in [0.3, 0.4) is 0 Å². The van der Waals surface area contributed by atoms with Gasteiger partial charge in [0.2, 0.25) is 0 Å². The first kappa shape index (κ1) is 33.9. The standard InChI is InChI=1S/C21H23NO4S.C12H10N.Au/c1-2-3-14-22-15-20(21(24)18-12-8-5-9-13-18)27(25,26)16-19(23)17-10-6-4-7-11-17;1-2-6-11(7-3-1)10-12-8-4-5-9-13-12;/h4-13,15-16,20,22H,2-3,14H2,1H3;1-6,8-9H,10H2;/q-2;-1;+3. The molecule has 0 saturated heterocycles. The molecule has 4 rings (SSSR count). The first-order chi connectivity index (χ1) is 19.4. The second kappa shape index (κ2) is 18.2. The molecule has 41 heavy (non-hydrogen) atoms. The Morgan fingerprint density at radius 3 is 2.10 bits per heavy atom. The maximum absolute atomic E-state index is 12.8. The molecule has 8 heteroatoms. The van der Waals surface area contributed by atoms with Crippen LogP contribution in [0, 0.1) is 18.4 Å². The number of hydrogen-bond donors (Lipinski definition) is 1. The molecule has 0 aliphatic carbocycles. The summed E-state index contributed by atoms with van der Waals surface area (Å²) in [5.74, 6) is -0.577. The molecule has 0 radical (unpaired) electrons. The topological polar surface area (TPSA) is 93.2 Å². The average molecular weight is 751 g/mol. The van der Waals surface area contributed by atoms with Crippen LogP contribution in [-0.2, 0) is 38.6 Å². The van der Waals surface area contributed by atoms with E-state index < -0.39 is 26.7 Å². The van der Waals surface area contributed by atoms with E-state index in [1.165, 1.54) is 24.2 Å². The van der Waals surface area contributed by atoms with Crippen LogP contribution in [0.1, 0.15) is 51.7 Å². The number of Topliss-reactive ketones (excluding diaryl/α,β-unsaturated/α-hetero) is 2. The molecule has 0 amide bonds. The van der Waals surface area contributed by atoms with Gasteiger partial charge in [-0.05, 0) is 31.5 Å². The minimum absolute atomic E-state index is 0. The molecule has 0 saturated carbocycles. The SMILES string of the molecule is CCCCN[CH-]C(C(=O)c1ccccc1)S(=O)(=O)[CH-]C(=O)c1ccccc1.[Au+3].[c-]1ccccc1Cc1ccccn1. The smallest absolute Gasteiger partial charge is 0.468 e. The maximum atomic E-state index is 12.8. The predicted octanol–water partition coefficient (Wildman–Crippen LogP) is 5.72. The minimum atomic E-state index is -4.15. The molecule has 4 aromatic rings. The number of nitrogens with zero attached hydrogens (tertiary/aromatic N) is 1. The minimum Gasteiger partial charge on any atom is -0.468 e. The molecule has 0 bridgehead atoms. The molecule has 6 nitrogen and oxygen atoms in total. The van der Waals surface area contributed by atoms with Crippen LogP contribution in [0.4, 0.5) is 0 Å². The fourth-order valence-electron chi connectivity index (χ4n) is 3.69. The van der Waals surface area contributed by atoms with Crippen LogP contribution in [0.2, 0.25) is 0 Å². The van der Waals surface area contributed by atoms with E-state index in [-0.39, 0.29) is 33.5 Å². The van der Waals surface area contributed by atoms with Gasteiger partial charge in [0.1, 0.15) is 0 Å². The van der Waals surface area contributed by atoms with E-state index in [0.29, 0.717) is 12.3 Å². The first-order valence-electron chi connectivity index (χ1n) is 13.1. The Labute approximate surface area is 259 Å². The maximum Gasteiger partial charge on any atom is 3.00 e. The van der Waals surface area contributed by atoms with Gasteiger partial charge in [0.25, 0.3) is 0 Å². The summed E-state index contributed by atoms with van der Waals surface area (Å²) in [6, 6.07) is 33.4. The second-order valence-corrected chi connectivity index (χ2v) is 10.9. The van der Waals surface area contributed by atoms with Gasteiger partial charge in [-0.15, -0.1) is 17.7 Å². The van der Waals surface area contributed by atoms with Crippen molar-refractivity contribution in [3.8, 4) is 0 Å². The molecule has 0 aliphatic rings. The van der Waals surface area contributed by atoms with Crippen molar-refractivity contribution in [2.24, 2.45) is 0 Å². The number of sulfone groups is 1. The van der Waals surface area contributed by atoms with Crippen LogP contribution >= 0.6 is 0 Å². The van der Waals surface area contributed by atoms with Crippen molar-refractivity contribution < 1.29 is 40.4 Å². The van der Waals surface area contributed by atoms with Gasteiger partial charge in [-0.3, -0.25) is 9.78 Å². The summed E-state index contributed by atoms with van der Waals surface area (Å²) in [5, 5.41) is 1.43. The van der Waals surface area contributed by atoms with Crippen LogP contribution in [0.15, 0.2) is 109 Å².